The highest BCUT2D eigenvalue weighted by Gasteiger charge is 2.22. The van der Waals surface area contributed by atoms with E-state index in [-0.39, 0.29) is 18.3 Å². The van der Waals surface area contributed by atoms with Crippen LogP contribution in [0, 0.1) is 0 Å². The van der Waals surface area contributed by atoms with E-state index in [0.29, 0.717) is 19.7 Å². The van der Waals surface area contributed by atoms with Crippen LogP contribution in [-0.4, -0.2) is 42.6 Å². The number of aromatic nitrogens is 1. The van der Waals surface area contributed by atoms with Crippen LogP contribution in [0.2, 0.25) is 0 Å². The Morgan fingerprint density at radius 2 is 2.16 bits per heavy atom. The summed E-state index contributed by atoms with van der Waals surface area (Å²) in [5, 5.41) is 3.38. The molecule has 1 aliphatic heterocycles. The lowest BCUT2D eigenvalue weighted by Gasteiger charge is -2.26. The third kappa shape index (κ3) is 4.71. The number of fused-ring (bicyclic) bond motifs is 1. The summed E-state index contributed by atoms with van der Waals surface area (Å²) < 4.78 is 5.18. The molecule has 1 amide bonds. The molecular weight excluding hydrogens is 338 g/mol. The number of pyridine rings is 1. The summed E-state index contributed by atoms with van der Waals surface area (Å²) in [7, 11) is 1.65. The zero-order valence-electron chi connectivity index (χ0n) is 14.4. The molecule has 0 aliphatic carbocycles. The summed E-state index contributed by atoms with van der Waals surface area (Å²) in [6.45, 7) is 2.50. The average molecular weight is 362 g/mol. The fraction of sp³-hybridized carbons (Fsp3) is 0.368. The molecule has 2 heterocycles. The lowest BCUT2D eigenvalue weighted by atomic mass is 9.96. The molecule has 0 unspecified atom stereocenters. The molecule has 1 aromatic heterocycles. The van der Waals surface area contributed by atoms with Crippen LogP contribution in [-0.2, 0) is 17.7 Å². The van der Waals surface area contributed by atoms with Crippen molar-refractivity contribution in [3.05, 3.63) is 59.4 Å². The largest absolute Gasteiger partial charge is 0.385 e. The first-order valence-corrected chi connectivity index (χ1v) is 8.33. The van der Waals surface area contributed by atoms with Crippen LogP contribution in [0.1, 0.15) is 28.0 Å². The van der Waals surface area contributed by atoms with Crippen molar-refractivity contribution in [1.82, 2.24) is 9.88 Å². The van der Waals surface area contributed by atoms with Crippen LogP contribution in [0.5, 0.6) is 0 Å². The van der Waals surface area contributed by atoms with Gasteiger partial charge in [-0.05, 0) is 42.7 Å². The highest BCUT2D eigenvalue weighted by molar-refractivity contribution is 5.97. The maximum Gasteiger partial charge on any atom is 0.254 e. The van der Waals surface area contributed by atoms with Gasteiger partial charge in [0.15, 0.2) is 0 Å². The van der Waals surface area contributed by atoms with Gasteiger partial charge in [-0.1, -0.05) is 12.1 Å². The van der Waals surface area contributed by atoms with Crippen molar-refractivity contribution >= 4 is 24.0 Å². The maximum atomic E-state index is 13.1. The Labute approximate surface area is 154 Å². The summed E-state index contributed by atoms with van der Waals surface area (Å²) in [6.07, 6.45) is 3.74. The van der Waals surface area contributed by atoms with Crippen LogP contribution in [0.4, 0.5) is 5.69 Å². The summed E-state index contributed by atoms with van der Waals surface area (Å²) in [4.78, 5) is 19.3. The predicted molar refractivity (Wildman–Crippen MR) is 101 cm³/mol. The predicted octanol–water partition coefficient (Wildman–Crippen LogP) is 3.15. The average Bonchev–Trinajstić information content (AvgIpc) is 2.65. The van der Waals surface area contributed by atoms with E-state index in [1.54, 1.807) is 13.3 Å². The monoisotopic (exact) mass is 361 g/mol. The number of hydrogen-bond acceptors (Lipinski definition) is 4. The van der Waals surface area contributed by atoms with Crippen molar-refractivity contribution in [3.63, 3.8) is 0 Å². The van der Waals surface area contributed by atoms with E-state index in [1.807, 2.05) is 41.3 Å². The minimum atomic E-state index is 0. The molecule has 1 aliphatic rings. The molecule has 3 rings (SSSR count). The maximum absolute atomic E-state index is 13.1. The molecule has 6 heteroatoms. The number of benzene rings is 1. The van der Waals surface area contributed by atoms with E-state index >= 15 is 0 Å². The smallest absolute Gasteiger partial charge is 0.254 e. The standard InChI is InChI=1S/C19H23N3O2.ClH/c1-24-13-12-22(14-15-6-2-3-10-20-15)19(23)17-7-4-9-18-16(17)8-5-11-21-18;/h2-4,6-7,9-10,21H,5,8,11-14H2,1H3;1H. The van der Waals surface area contributed by atoms with Crippen molar-refractivity contribution in [3.8, 4) is 0 Å². The number of carbonyl (C=O) groups is 1. The van der Waals surface area contributed by atoms with Gasteiger partial charge in [0.1, 0.15) is 0 Å². The summed E-state index contributed by atoms with van der Waals surface area (Å²) in [6, 6.07) is 11.7. The molecule has 0 atom stereocenters. The number of nitrogens with zero attached hydrogens (tertiary/aromatic N) is 2. The second-order valence-corrected chi connectivity index (χ2v) is 5.90. The Balaban J connectivity index is 0.00000225. The number of amides is 1. The lowest BCUT2D eigenvalue weighted by Crippen LogP contribution is -2.34. The molecule has 0 radical (unpaired) electrons. The van der Waals surface area contributed by atoms with E-state index in [1.165, 1.54) is 0 Å². The minimum absolute atomic E-state index is 0. The molecule has 134 valence electrons. The molecule has 0 bridgehead atoms. The fourth-order valence-corrected chi connectivity index (χ4v) is 3.02. The van der Waals surface area contributed by atoms with Gasteiger partial charge in [-0.2, -0.15) is 0 Å². The molecule has 1 aromatic carbocycles. The van der Waals surface area contributed by atoms with E-state index in [4.69, 9.17) is 4.74 Å². The number of methoxy groups -OCH3 is 1. The number of halogens is 1. The van der Waals surface area contributed by atoms with Crippen molar-refractivity contribution in [2.24, 2.45) is 0 Å². The highest BCUT2D eigenvalue weighted by Crippen LogP contribution is 2.26. The number of rotatable bonds is 6. The van der Waals surface area contributed by atoms with E-state index < -0.39 is 0 Å². The number of ether oxygens (including phenoxy) is 1. The minimum Gasteiger partial charge on any atom is -0.385 e. The van der Waals surface area contributed by atoms with Crippen molar-refractivity contribution in [2.45, 2.75) is 19.4 Å². The summed E-state index contributed by atoms with van der Waals surface area (Å²) >= 11 is 0. The van der Waals surface area contributed by atoms with Gasteiger partial charge in [0.05, 0.1) is 18.8 Å². The van der Waals surface area contributed by atoms with Crippen molar-refractivity contribution < 1.29 is 9.53 Å². The second-order valence-electron chi connectivity index (χ2n) is 5.90. The Hall–Kier alpha value is -2.11. The Morgan fingerprint density at radius 3 is 2.92 bits per heavy atom. The number of hydrogen-bond donors (Lipinski definition) is 1. The van der Waals surface area contributed by atoms with Crippen molar-refractivity contribution in [1.29, 1.82) is 0 Å². The molecule has 2 aromatic rings. The first-order valence-electron chi connectivity index (χ1n) is 8.33. The molecule has 5 nitrogen and oxygen atoms in total. The summed E-state index contributed by atoms with van der Waals surface area (Å²) in [5.41, 5.74) is 3.87. The van der Waals surface area contributed by atoms with Gasteiger partial charge < -0.3 is 15.0 Å². The number of carbonyl (C=O) groups excluding carboxylic acids is 1. The molecule has 1 N–H and O–H groups in total. The van der Waals surface area contributed by atoms with Crippen LogP contribution in [0.15, 0.2) is 42.6 Å². The molecule has 0 saturated heterocycles. The number of nitrogens with one attached hydrogen (secondary N) is 1. The van der Waals surface area contributed by atoms with Gasteiger partial charge in [0, 0.05) is 37.6 Å². The summed E-state index contributed by atoms with van der Waals surface area (Å²) in [5.74, 6) is 0.0400. The second kappa shape index (κ2) is 9.39. The van der Waals surface area contributed by atoms with Crippen LogP contribution >= 0.6 is 12.4 Å². The van der Waals surface area contributed by atoms with Crippen molar-refractivity contribution in [2.75, 3.05) is 32.1 Å². The van der Waals surface area contributed by atoms with Gasteiger partial charge >= 0.3 is 0 Å². The first kappa shape index (κ1) is 19.2. The number of anilines is 1. The van der Waals surface area contributed by atoms with E-state index in [2.05, 4.69) is 10.3 Å². The Bertz CT molecular complexity index is 694. The van der Waals surface area contributed by atoms with E-state index in [0.717, 1.165) is 41.9 Å². The molecule has 25 heavy (non-hydrogen) atoms. The SMILES string of the molecule is COCCN(Cc1ccccn1)C(=O)c1cccc2c1CCCN2.Cl. The zero-order valence-corrected chi connectivity index (χ0v) is 15.2. The molecular formula is C19H24ClN3O2. The lowest BCUT2D eigenvalue weighted by molar-refractivity contribution is 0.0677. The fourth-order valence-electron chi connectivity index (χ4n) is 3.02. The van der Waals surface area contributed by atoms with E-state index in [9.17, 15) is 4.79 Å². The van der Waals surface area contributed by atoms with Gasteiger partial charge in [-0.15, -0.1) is 12.4 Å². The molecule has 0 saturated carbocycles. The van der Waals surface area contributed by atoms with Gasteiger partial charge in [0.2, 0.25) is 0 Å². The highest BCUT2D eigenvalue weighted by atomic mass is 35.5. The van der Waals surface area contributed by atoms with Gasteiger partial charge in [-0.3, -0.25) is 9.78 Å². The third-order valence-electron chi connectivity index (χ3n) is 4.26. The molecule has 0 fully saturated rings. The topological polar surface area (TPSA) is 54.5 Å². The normalized spacial score (nSPS) is 12.5. The van der Waals surface area contributed by atoms with Crippen LogP contribution in [0.3, 0.4) is 0 Å². The van der Waals surface area contributed by atoms with Crippen LogP contribution < -0.4 is 5.32 Å². The third-order valence-corrected chi connectivity index (χ3v) is 4.26. The molecule has 0 spiro atoms. The quantitative estimate of drug-likeness (QED) is 0.858. The van der Waals surface area contributed by atoms with Gasteiger partial charge in [0.25, 0.3) is 5.91 Å². The Morgan fingerprint density at radius 1 is 1.28 bits per heavy atom. The zero-order chi connectivity index (χ0) is 16.8. The van der Waals surface area contributed by atoms with Crippen LogP contribution in [0.25, 0.3) is 0 Å². The Kier molecular flexibility index (Phi) is 7.22. The first-order chi connectivity index (χ1) is 11.8. The van der Waals surface area contributed by atoms with Gasteiger partial charge in [-0.25, -0.2) is 0 Å².